The molecule has 0 fully saturated rings. The summed E-state index contributed by atoms with van der Waals surface area (Å²) < 4.78 is 27.3. The zero-order valence-electron chi connectivity index (χ0n) is 15.4. The molecule has 6 nitrogen and oxygen atoms in total. The van der Waals surface area contributed by atoms with Crippen LogP contribution in [0.15, 0.2) is 84.0 Å². The lowest BCUT2D eigenvalue weighted by Crippen LogP contribution is -2.30. The number of anilines is 1. The van der Waals surface area contributed by atoms with Gasteiger partial charge < -0.3 is 5.32 Å². The number of pyridine rings is 1. The zero-order chi connectivity index (χ0) is 20.0. The van der Waals surface area contributed by atoms with Crippen LogP contribution >= 0.6 is 0 Å². The maximum Gasteiger partial charge on any atom is 0.264 e. The van der Waals surface area contributed by atoms with Crippen molar-refractivity contribution >= 4 is 21.6 Å². The maximum atomic E-state index is 13.0. The SMILES string of the molecule is CCN(c1ccccc1)S(=O)(=O)c1ccc(C(=O)NCc2ccncc2)cc1. The van der Waals surface area contributed by atoms with Gasteiger partial charge in [-0.15, -0.1) is 0 Å². The Kier molecular flexibility index (Phi) is 6.06. The summed E-state index contributed by atoms with van der Waals surface area (Å²) in [5, 5.41) is 2.81. The normalized spacial score (nSPS) is 11.0. The van der Waals surface area contributed by atoms with Crippen LogP contribution in [0, 0.1) is 0 Å². The van der Waals surface area contributed by atoms with Crippen molar-refractivity contribution in [2.24, 2.45) is 0 Å². The highest BCUT2D eigenvalue weighted by molar-refractivity contribution is 7.92. The number of hydrogen-bond acceptors (Lipinski definition) is 4. The van der Waals surface area contributed by atoms with Crippen LogP contribution in [0.25, 0.3) is 0 Å². The Bertz CT molecular complexity index is 1020. The van der Waals surface area contributed by atoms with Gasteiger partial charge in [0.05, 0.1) is 10.6 Å². The predicted molar refractivity (Wildman–Crippen MR) is 108 cm³/mol. The smallest absolute Gasteiger partial charge is 0.264 e. The van der Waals surface area contributed by atoms with Crippen molar-refractivity contribution in [3.63, 3.8) is 0 Å². The molecule has 1 amide bonds. The third kappa shape index (κ3) is 4.37. The van der Waals surface area contributed by atoms with Gasteiger partial charge >= 0.3 is 0 Å². The monoisotopic (exact) mass is 395 g/mol. The molecule has 28 heavy (non-hydrogen) atoms. The highest BCUT2D eigenvalue weighted by Crippen LogP contribution is 2.23. The third-order valence-corrected chi connectivity index (χ3v) is 6.16. The Labute approximate surface area is 164 Å². The fourth-order valence-corrected chi connectivity index (χ4v) is 4.25. The van der Waals surface area contributed by atoms with Gasteiger partial charge in [-0.05, 0) is 61.0 Å². The van der Waals surface area contributed by atoms with Crippen LogP contribution in [0.1, 0.15) is 22.8 Å². The molecule has 1 N–H and O–H groups in total. The van der Waals surface area contributed by atoms with Crippen LogP contribution < -0.4 is 9.62 Å². The second-order valence-electron chi connectivity index (χ2n) is 6.07. The molecular weight excluding hydrogens is 374 g/mol. The summed E-state index contributed by atoms with van der Waals surface area (Å²) in [6.45, 7) is 2.46. The van der Waals surface area contributed by atoms with Gasteiger partial charge in [-0.2, -0.15) is 0 Å². The van der Waals surface area contributed by atoms with Gasteiger partial charge in [-0.1, -0.05) is 18.2 Å². The van der Waals surface area contributed by atoms with E-state index in [2.05, 4.69) is 10.3 Å². The molecule has 3 aromatic rings. The molecule has 3 rings (SSSR count). The van der Waals surface area contributed by atoms with E-state index in [0.717, 1.165) is 5.56 Å². The van der Waals surface area contributed by atoms with E-state index in [1.54, 1.807) is 43.6 Å². The molecule has 0 aliphatic carbocycles. The van der Waals surface area contributed by atoms with Crippen molar-refractivity contribution in [2.45, 2.75) is 18.4 Å². The minimum atomic E-state index is -3.71. The van der Waals surface area contributed by atoms with Gasteiger partial charge in [0.25, 0.3) is 15.9 Å². The van der Waals surface area contributed by atoms with E-state index in [-0.39, 0.29) is 10.8 Å². The minimum absolute atomic E-state index is 0.142. The van der Waals surface area contributed by atoms with E-state index in [4.69, 9.17) is 0 Å². The summed E-state index contributed by atoms with van der Waals surface area (Å²) in [6, 6.07) is 18.5. The van der Waals surface area contributed by atoms with Gasteiger partial charge in [0.1, 0.15) is 0 Å². The molecule has 2 aromatic carbocycles. The van der Waals surface area contributed by atoms with Crippen molar-refractivity contribution in [3.05, 3.63) is 90.3 Å². The number of rotatable bonds is 7. The Morgan fingerprint density at radius 3 is 2.21 bits per heavy atom. The zero-order valence-corrected chi connectivity index (χ0v) is 16.3. The predicted octanol–water partition coefficient (Wildman–Crippen LogP) is 3.23. The van der Waals surface area contributed by atoms with E-state index >= 15 is 0 Å². The van der Waals surface area contributed by atoms with Crippen molar-refractivity contribution < 1.29 is 13.2 Å². The number of hydrogen-bond donors (Lipinski definition) is 1. The number of carbonyl (C=O) groups is 1. The summed E-state index contributed by atoms with van der Waals surface area (Å²) in [7, 11) is -3.71. The van der Waals surface area contributed by atoms with Crippen molar-refractivity contribution in [2.75, 3.05) is 10.8 Å². The summed E-state index contributed by atoms with van der Waals surface area (Å²) in [5.74, 6) is -0.267. The first-order valence-electron chi connectivity index (χ1n) is 8.87. The minimum Gasteiger partial charge on any atom is -0.348 e. The number of amides is 1. The fraction of sp³-hybridized carbons (Fsp3) is 0.143. The lowest BCUT2D eigenvalue weighted by Gasteiger charge is -2.23. The second kappa shape index (κ2) is 8.67. The van der Waals surface area contributed by atoms with Crippen LogP contribution in [0.4, 0.5) is 5.69 Å². The lowest BCUT2D eigenvalue weighted by atomic mass is 10.2. The first-order chi connectivity index (χ1) is 13.5. The number of nitrogens with zero attached hydrogens (tertiary/aromatic N) is 2. The first kappa shape index (κ1) is 19.6. The average Bonchev–Trinajstić information content (AvgIpc) is 2.74. The molecule has 144 valence electrons. The molecule has 0 saturated carbocycles. The van der Waals surface area contributed by atoms with Gasteiger partial charge in [0.15, 0.2) is 0 Å². The largest absolute Gasteiger partial charge is 0.348 e. The van der Waals surface area contributed by atoms with Gasteiger partial charge in [0, 0.05) is 31.0 Å². The summed E-state index contributed by atoms with van der Waals surface area (Å²) in [6.07, 6.45) is 3.32. The number of aromatic nitrogens is 1. The number of nitrogens with one attached hydrogen (secondary N) is 1. The topological polar surface area (TPSA) is 79.4 Å². The molecule has 0 aliphatic heterocycles. The van der Waals surface area contributed by atoms with Gasteiger partial charge in [0.2, 0.25) is 0 Å². The molecule has 0 unspecified atom stereocenters. The van der Waals surface area contributed by atoms with Gasteiger partial charge in [-0.25, -0.2) is 8.42 Å². The Hall–Kier alpha value is -3.19. The number of carbonyl (C=O) groups excluding carboxylic acids is 1. The molecule has 0 radical (unpaired) electrons. The van der Waals surface area contributed by atoms with Crippen LogP contribution in [-0.4, -0.2) is 25.9 Å². The van der Waals surface area contributed by atoms with Crippen molar-refractivity contribution in [3.8, 4) is 0 Å². The van der Waals surface area contributed by atoms with E-state index < -0.39 is 10.0 Å². The molecule has 1 aromatic heterocycles. The Balaban J connectivity index is 1.74. The molecule has 0 spiro atoms. The number of sulfonamides is 1. The lowest BCUT2D eigenvalue weighted by molar-refractivity contribution is 0.0951. The van der Waals surface area contributed by atoms with Crippen LogP contribution in [0.5, 0.6) is 0 Å². The van der Waals surface area contributed by atoms with Crippen LogP contribution in [0.3, 0.4) is 0 Å². The van der Waals surface area contributed by atoms with Gasteiger partial charge in [-0.3, -0.25) is 14.1 Å². The Morgan fingerprint density at radius 1 is 0.964 bits per heavy atom. The summed E-state index contributed by atoms with van der Waals surface area (Å²) in [4.78, 5) is 16.4. The molecule has 7 heteroatoms. The summed E-state index contributed by atoms with van der Waals surface area (Å²) in [5.41, 5.74) is 1.93. The van der Waals surface area contributed by atoms with Crippen molar-refractivity contribution in [1.29, 1.82) is 0 Å². The quantitative estimate of drug-likeness (QED) is 0.666. The Morgan fingerprint density at radius 2 is 1.61 bits per heavy atom. The van der Waals surface area contributed by atoms with E-state index in [1.807, 2.05) is 18.2 Å². The van der Waals surface area contributed by atoms with Crippen LogP contribution in [0.2, 0.25) is 0 Å². The van der Waals surface area contributed by atoms with E-state index in [0.29, 0.717) is 24.3 Å². The average molecular weight is 395 g/mol. The highest BCUT2D eigenvalue weighted by Gasteiger charge is 2.23. The highest BCUT2D eigenvalue weighted by atomic mass is 32.2. The summed E-state index contributed by atoms with van der Waals surface area (Å²) >= 11 is 0. The number of benzene rings is 2. The van der Waals surface area contributed by atoms with E-state index in [1.165, 1.54) is 28.6 Å². The third-order valence-electron chi connectivity index (χ3n) is 4.24. The van der Waals surface area contributed by atoms with E-state index in [9.17, 15) is 13.2 Å². The number of para-hydroxylation sites is 1. The molecule has 0 saturated heterocycles. The van der Waals surface area contributed by atoms with Crippen LogP contribution in [-0.2, 0) is 16.6 Å². The molecule has 0 atom stereocenters. The first-order valence-corrected chi connectivity index (χ1v) is 10.3. The molecule has 1 heterocycles. The second-order valence-corrected chi connectivity index (χ2v) is 7.93. The maximum absolute atomic E-state index is 13.0. The molecule has 0 aliphatic rings. The standard InChI is InChI=1S/C21H21N3O3S/c1-2-24(19-6-4-3-5-7-19)28(26,27)20-10-8-18(9-11-20)21(25)23-16-17-12-14-22-15-13-17/h3-15H,2,16H2,1H3,(H,23,25). The molecule has 0 bridgehead atoms. The molecular formula is C21H21N3O3S. The fourth-order valence-electron chi connectivity index (χ4n) is 2.78. The van der Waals surface area contributed by atoms with Crippen molar-refractivity contribution in [1.82, 2.24) is 10.3 Å².